The summed E-state index contributed by atoms with van der Waals surface area (Å²) in [6.07, 6.45) is 4.39. The van der Waals surface area contributed by atoms with Gasteiger partial charge >= 0.3 is 5.97 Å². The van der Waals surface area contributed by atoms with Gasteiger partial charge in [0.2, 0.25) is 0 Å². The van der Waals surface area contributed by atoms with Crippen LogP contribution in [0.4, 0.5) is 0 Å². The number of carbonyl (C=O) groups is 2. The van der Waals surface area contributed by atoms with Crippen LogP contribution in [0, 0.1) is 5.92 Å². The number of rotatable bonds is 5. The van der Waals surface area contributed by atoms with Crippen LogP contribution in [0.3, 0.4) is 0 Å². The van der Waals surface area contributed by atoms with E-state index in [9.17, 15) is 9.59 Å². The number of esters is 1. The van der Waals surface area contributed by atoms with Crippen LogP contribution in [-0.2, 0) is 4.74 Å². The Morgan fingerprint density at radius 3 is 2.54 bits per heavy atom. The van der Waals surface area contributed by atoms with Crippen molar-refractivity contribution in [3.63, 3.8) is 0 Å². The number of benzene rings is 1. The molecule has 1 heterocycles. The molecule has 2 N–H and O–H groups in total. The van der Waals surface area contributed by atoms with E-state index in [1.54, 1.807) is 23.1 Å². The summed E-state index contributed by atoms with van der Waals surface area (Å²) in [6.45, 7) is 1.80. The van der Waals surface area contributed by atoms with Crippen LogP contribution < -0.4 is 10.5 Å². The van der Waals surface area contributed by atoms with Crippen molar-refractivity contribution in [2.75, 3.05) is 26.8 Å². The summed E-state index contributed by atoms with van der Waals surface area (Å²) in [5.74, 6) is 0.512. The molecule has 1 saturated carbocycles. The largest absolute Gasteiger partial charge is 0.493 e. The number of carbonyl (C=O) groups excluding carboxylic acids is 2. The van der Waals surface area contributed by atoms with E-state index < -0.39 is 5.97 Å². The fourth-order valence-corrected chi connectivity index (χ4v) is 3.07. The zero-order valence-electron chi connectivity index (χ0n) is 14.0. The number of hydrogen-bond donors (Lipinski definition) is 1. The lowest BCUT2D eigenvalue weighted by Crippen LogP contribution is -2.32. The predicted octanol–water partition coefficient (Wildman–Crippen LogP) is 1.83. The normalized spacial score (nSPS) is 20.6. The Bertz CT molecular complexity index is 627. The van der Waals surface area contributed by atoms with Gasteiger partial charge in [0.15, 0.2) is 0 Å². The third-order valence-corrected chi connectivity index (χ3v) is 4.80. The van der Waals surface area contributed by atoms with Gasteiger partial charge in [-0.3, -0.25) is 4.79 Å². The molecule has 0 spiro atoms. The van der Waals surface area contributed by atoms with Crippen molar-refractivity contribution in [2.45, 2.75) is 31.7 Å². The Morgan fingerprint density at radius 2 is 1.96 bits per heavy atom. The van der Waals surface area contributed by atoms with Crippen LogP contribution in [0.2, 0.25) is 0 Å². The van der Waals surface area contributed by atoms with E-state index in [1.807, 2.05) is 0 Å². The lowest BCUT2D eigenvalue weighted by atomic mass is 9.86. The second-order valence-corrected chi connectivity index (χ2v) is 6.65. The van der Waals surface area contributed by atoms with Crippen molar-refractivity contribution in [3.05, 3.63) is 29.3 Å². The first-order valence-electron chi connectivity index (χ1n) is 8.48. The standard InChI is InChI=1S/C18H24N2O4/c1-23-18(22)14-7-13(17(21)20-6-5-15(19)10-20)8-16(9-14)24-11-12-3-2-4-12/h7-9,12,15H,2-6,10-11,19H2,1H3/t15-/m1/s1. The first-order chi connectivity index (χ1) is 11.6. The third-order valence-electron chi connectivity index (χ3n) is 4.80. The molecule has 0 bridgehead atoms. The summed E-state index contributed by atoms with van der Waals surface area (Å²) < 4.78 is 10.6. The molecule has 6 heteroatoms. The highest BCUT2D eigenvalue weighted by atomic mass is 16.5. The van der Waals surface area contributed by atoms with Gasteiger partial charge in [0.05, 0.1) is 19.3 Å². The van der Waals surface area contributed by atoms with Gasteiger partial charge < -0.3 is 20.1 Å². The number of likely N-dealkylation sites (tertiary alicyclic amines) is 1. The number of nitrogens with two attached hydrogens (primary N) is 1. The molecule has 0 aromatic heterocycles. The van der Waals surface area contributed by atoms with Crippen LogP contribution in [0.15, 0.2) is 18.2 Å². The lowest BCUT2D eigenvalue weighted by molar-refractivity contribution is 0.0600. The number of amides is 1. The minimum Gasteiger partial charge on any atom is -0.493 e. The molecule has 6 nitrogen and oxygen atoms in total. The fraction of sp³-hybridized carbons (Fsp3) is 0.556. The van der Waals surface area contributed by atoms with Crippen molar-refractivity contribution in [3.8, 4) is 5.75 Å². The van der Waals surface area contributed by atoms with Crippen molar-refractivity contribution in [1.29, 1.82) is 0 Å². The van der Waals surface area contributed by atoms with Gasteiger partial charge in [-0.1, -0.05) is 6.42 Å². The maximum Gasteiger partial charge on any atom is 0.338 e. The van der Waals surface area contributed by atoms with Gasteiger partial charge in [-0.25, -0.2) is 4.79 Å². The van der Waals surface area contributed by atoms with Crippen molar-refractivity contribution >= 4 is 11.9 Å². The van der Waals surface area contributed by atoms with E-state index in [2.05, 4.69) is 0 Å². The van der Waals surface area contributed by atoms with E-state index in [1.165, 1.54) is 26.4 Å². The van der Waals surface area contributed by atoms with Gasteiger partial charge in [0.25, 0.3) is 5.91 Å². The molecule has 1 aromatic rings. The maximum absolute atomic E-state index is 12.7. The summed E-state index contributed by atoms with van der Waals surface area (Å²) in [5.41, 5.74) is 6.65. The molecule has 1 aliphatic carbocycles. The average Bonchev–Trinajstić information content (AvgIpc) is 2.98. The van der Waals surface area contributed by atoms with Gasteiger partial charge in [-0.15, -0.1) is 0 Å². The van der Waals surface area contributed by atoms with Gasteiger partial charge in [0.1, 0.15) is 5.75 Å². The fourth-order valence-electron chi connectivity index (χ4n) is 3.07. The SMILES string of the molecule is COC(=O)c1cc(OCC2CCC2)cc(C(=O)N2CC[C@@H](N)C2)c1. The van der Waals surface area contributed by atoms with Crippen LogP contribution in [0.25, 0.3) is 0 Å². The summed E-state index contributed by atoms with van der Waals surface area (Å²) in [6, 6.07) is 4.93. The maximum atomic E-state index is 12.7. The first kappa shape index (κ1) is 16.8. The van der Waals surface area contributed by atoms with Crippen LogP contribution in [-0.4, -0.2) is 49.6 Å². The van der Waals surface area contributed by atoms with E-state index in [-0.39, 0.29) is 11.9 Å². The van der Waals surface area contributed by atoms with E-state index in [0.29, 0.717) is 42.5 Å². The summed E-state index contributed by atoms with van der Waals surface area (Å²) in [7, 11) is 1.32. The Morgan fingerprint density at radius 1 is 1.21 bits per heavy atom. The Balaban J connectivity index is 1.80. The molecule has 1 aliphatic heterocycles. The average molecular weight is 332 g/mol. The van der Waals surface area contributed by atoms with E-state index in [0.717, 1.165) is 6.42 Å². The molecular formula is C18H24N2O4. The second-order valence-electron chi connectivity index (χ2n) is 6.65. The van der Waals surface area contributed by atoms with E-state index in [4.69, 9.17) is 15.2 Å². The van der Waals surface area contributed by atoms with Gasteiger partial charge in [-0.05, 0) is 43.4 Å². The molecule has 1 atom stereocenters. The van der Waals surface area contributed by atoms with Crippen molar-refractivity contribution < 1.29 is 19.1 Å². The number of hydrogen-bond acceptors (Lipinski definition) is 5. The monoisotopic (exact) mass is 332 g/mol. The Kier molecular flexibility index (Phi) is 5.04. The molecule has 1 saturated heterocycles. The molecular weight excluding hydrogens is 308 g/mol. The topological polar surface area (TPSA) is 81.9 Å². The lowest BCUT2D eigenvalue weighted by Gasteiger charge is -2.25. The Hall–Kier alpha value is -2.08. The minimum absolute atomic E-state index is 0.0204. The van der Waals surface area contributed by atoms with Crippen LogP contribution in [0.1, 0.15) is 46.4 Å². The molecule has 2 fully saturated rings. The zero-order valence-corrected chi connectivity index (χ0v) is 14.0. The summed E-state index contributed by atoms with van der Waals surface area (Å²) in [5, 5.41) is 0. The Labute approximate surface area is 141 Å². The third kappa shape index (κ3) is 3.70. The molecule has 130 valence electrons. The zero-order chi connectivity index (χ0) is 17.1. The van der Waals surface area contributed by atoms with Crippen molar-refractivity contribution in [2.24, 2.45) is 11.7 Å². The van der Waals surface area contributed by atoms with Crippen LogP contribution in [0.5, 0.6) is 5.75 Å². The molecule has 1 aromatic carbocycles. The summed E-state index contributed by atoms with van der Waals surface area (Å²) in [4.78, 5) is 26.3. The smallest absolute Gasteiger partial charge is 0.338 e. The molecule has 24 heavy (non-hydrogen) atoms. The number of ether oxygens (including phenoxy) is 2. The second kappa shape index (κ2) is 7.21. The highest BCUT2D eigenvalue weighted by Gasteiger charge is 2.26. The molecule has 3 rings (SSSR count). The molecule has 0 unspecified atom stereocenters. The molecule has 1 amide bonds. The van der Waals surface area contributed by atoms with E-state index >= 15 is 0 Å². The number of nitrogens with zero attached hydrogens (tertiary/aromatic N) is 1. The van der Waals surface area contributed by atoms with Crippen molar-refractivity contribution in [1.82, 2.24) is 4.90 Å². The molecule has 2 aliphatic rings. The van der Waals surface area contributed by atoms with Gasteiger partial charge in [-0.2, -0.15) is 0 Å². The minimum atomic E-state index is -0.476. The highest BCUT2D eigenvalue weighted by molar-refractivity contribution is 5.98. The predicted molar refractivity (Wildman–Crippen MR) is 89.1 cm³/mol. The first-order valence-corrected chi connectivity index (χ1v) is 8.48. The number of methoxy groups -OCH3 is 1. The highest BCUT2D eigenvalue weighted by Crippen LogP contribution is 2.28. The quantitative estimate of drug-likeness (QED) is 0.832. The summed E-state index contributed by atoms with van der Waals surface area (Å²) >= 11 is 0. The van der Waals surface area contributed by atoms with Crippen LogP contribution >= 0.6 is 0 Å². The molecule has 0 radical (unpaired) electrons. The van der Waals surface area contributed by atoms with Gasteiger partial charge in [0, 0.05) is 24.7 Å².